The normalized spacial score (nSPS) is 13.4. The molecule has 0 N–H and O–H groups in total. The molecule has 0 saturated heterocycles. The van der Waals surface area contributed by atoms with Gasteiger partial charge < -0.3 is 9.05 Å². The van der Waals surface area contributed by atoms with E-state index in [2.05, 4.69) is 0 Å². The largest absolute Gasteiger partial charge is 0.314 e. The lowest BCUT2D eigenvalue weighted by Gasteiger charge is -2.28. The number of hydrogen-bond donors (Lipinski definition) is 0. The van der Waals surface area contributed by atoms with Crippen LogP contribution in [0, 0.1) is 0 Å². The molecule has 0 bridgehead atoms. The Morgan fingerprint density at radius 3 is 0.875 bits per heavy atom. The Morgan fingerprint density at radius 2 is 0.625 bits per heavy atom. The van der Waals surface area contributed by atoms with E-state index in [1.165, 1.54) is 0 Å². The van der Waals surface area contributed by atoms with Crippen LogP contribution in [0.15, 0.2) is 146 Å². The molecule has 2 unspecified atom stereocenters. The molecular weight excluding hydrogens is 534 g/mol. The van der Waals surface area contributed by atoms with Gasteiger partial charge in [0, 0.05) is 21.2 Å². The van der Waals surface area contributed by atoms with Crippen LogP contribution in [0.25, 0.3) is 0 Å². The van der Waals surface area contributed by atoms with Crippen LogP contribution in [-0.2, 0) is 18.2 Å². The third-order valence-corrected chi connectivity index (χ3v) is 12.0. The zero-order valence-corrected chi connectivity index (χ0v) is 24.3. The van der Waals surface area contributed by atoms with Crippen LogP contribution in [0.3, 0.4) is 0 Å². The molecule has 0 aliphatic carbocycles. The Labute approximate surface area is 236 Å². The van der Waals surface area contributed by atoms with Crippen molar-refractivity contribution in [2.24, 2.45) is 0 Å². The van der Waals surface area contributed by atoms with Gasteiger partial charge in [0.05, 0.1) is 12.2 Å². The summed E-state index contributed by atoms with van der Waals surface area (Å²) in [6.45, 7) is 3.80. The molecule has 6 heteroatoms. The zero-order chi connectivity index (χ0) is 28.0. The Balaban J connectivity index is 1.51. The molecule has 202 valence electrons. The molecule has 2 atom stereocenters. The van der Waals surface area contributed by atoms with Crippen LogP contribution in [0.5, 0.6) is 0 Å². The summed E-state index contributed by atoms with van der Waals surface area (Å²) in [5.74, 6) is 0. The number of rotatable bonds is 10. The first-order valence-corrected chi connectivity index (χ1v) is 16.5. The SMILES string of the molecule is CC(OP(=O)(c1ccccc1)c1ccccc1)c1ccccc1C(C)OP(=O)(c1ccccc1)c1ccccc1. The van der Waals surface area contributed by atoms with Crippen LogP contribution in [0.2, 0.25) is 0 Å². The van der Waals surface area contributed by atoms with Crippen molar-refractivity contribution >= 4 is 36.0 Å². The van der Waals surface area contributed by atoms with Gasteiger partial charge in [-0.05, 0) is 73.5 Å². The summed E-state index contributed by atoms with van der Waals surface area (Å²) in [6.07, 6.45) is -1.08. The van der Waals surface area contributed by atoms with E-state index in [1.807, 2.05) is 159 Å². The van der Waals surface area contributed by atoms with Gasteiger partial charge in [0.15, 0.2) is 0 Å². The summed E-state index contributed by atoms with van der Waals surface area (Å²) >= 11 is 0. The molecule has 0 amide bonds. The van der Waals surface area contributed by atoms with E-state index in [0.717, 1.165) is 11.1 Å². The van der Waals surface area contributed by atoms with Crippen molar-refractivity contribution in [3.05, 3.63) is 157 Å². The highest BCUT2D eigenvalue weighted by Crippen LogP contribution is 2.52. The molecule has 5 rings (SSSR count). The summed E-state index contributed by atoms with van der Waals surface area (Å²) < 4.78 is 42.2. The minimum absolute atomic E-state index is 0.540. The minimum atomic E-state index is -3.43. The van der Waals surface area contributed by atoms with Gasteiger partial charge in [-0.2, -0.15) is 0 Å². The summed E-state index contributed by atoms with van der Waals surface area (Å²) in [5.41, 5.74) is 1.66. The maximum atomic E-state index is 14.6. The maximum absolute atomic E-state index is 14.6. The van der Waals surface area contributed by atoms with Crippen LogP contribution >= 0.6 is 14.7 Å². The number of benzene rings is 5. The van der Waals surface area contributed by atoms with Gasteiger partial charge in [0.25, 0.3) is 14.7 Å². The van der Waals surface area contributed by atoms with Gasteiger partial charge in [-0.25, -0.2) is 0 Å². The van der Waals surface area contributed by atoms with Gasteiger partial charge in [-0.1, -0.05) is 97.1 Å². The average molecular weight is 567 g/mol. The van der Waals surface area contributed by atoms with Crippen molar-refractivity contribution < 1.29 is 18.2 Å². The highest BCUT2D eigenvalue weighted by Gasteiger charge is 2.34. The van der Waals surface area contributed by atoms with E-state index >= 15 is 0 Å². The third-order valence-electron chi connectivity index (χ3n) is 6.87. The molecule has 0 radical (unpaired) electrons. The second-order valence-corrected chi connectivity index (χ2v) is 14.3. The van der Waals surface area contributed by atoms with Crippen LogP contribution < -0.4 is 21.2 Å². The Bertz CT molecular complexity index is 1410. The molecule has 0 aliphatic rings. The topological polar surface area (TPSA) is 52.6 Å². The quantitative estimate of drug-likeness (QED) is 0.163. The van der Waals surface area contributed by atoms with E-state index in [1.54, 1.807) is 0 Å². The van der Waals surface area contributed by atoms with Crippen LogP contribution in [0.4, 0.5) is 0 Å². The Morgan fingerprint density at radius 1 is 0.400 bits per heavy atom. The molecule has 0 heterocycles. The second-order valence-electron chi connectivity index (χ2n) is 9.57. The predicted octanol–water partition coefficient (Wildman–Crippen LogP) is 7.70. The van der Waals surface area contributed by atoms with E-state index in [4.69, 9.17) is 9.05 Å². The summed E-state index contributed by atoms with van der Waals surface area (Å²) in [5, 5.41) is 2.53. The zero-order valence-electron chi connectivity index (χ0n) is 22.5. The highest BCUT2D eigenvalue weighted by molar-refractivity contribution is 7.74. The Hall–Kier alpha value is -3.52. The first-order valence-electron chi connectivity index (χ1n) is 13.3. The molecule has 0 aromatic heterocycles. The van der Waals surface area contributed by atoms with Gasteiger partial charge in [-0.3, -0.25) is 9.13 Å². The molecule has 0 spiro atoms. The molecule has 0 aliphatic heterocycles. The third kappa shape index (κ3) is 5.82. The molecule has 40 heavy (non-hydrogen) atoms. The van der Waals surface area contributed by atoms with E-state index in [0.29, 0.717) is 21.2 Å². The summed E-state index contributed by atoms with van der Waals surface area (Å²) in [7, 11) is -6.86. The highest BCUT2D eigenvalue weighted by atomic mass is 31.2. The maximum Gasteiger partial charge on any atom is 0.261 e. The first kappa shape index (κ1) is 28.0. The van der Waals surface area contributed by atoms with Gasteiger partial charge in [0.2, 0.25) is 0 Å². The summed E-state index contributed by atoms with van der Waals surface area (Å²) in [6, 6.07) is 45.0. The fraction of sp³-hybridized carbons (Fsp3) is 0.118. The van der Waals surface area contributed by atoms with Gasteiger partial charge >= 0.3 is 0 Å². The standard InChI is InChI=1S/C34H32O4P2/c1-27(37-39(35,29-17-7-3-8-18-29)30-19-9-4-10-20-30)33-25-15-16-26-34(33)28(2)38-40(36,31-21-11-5-12-22-31)32-23-13-6-14-24-32/h3-28H,1-2H3. The monoisotopic (exact) mass is 566 g/mol. The van der Waals surface area contributed by atoms with Crippen molar-refractivity contribution in [2.45, 2.75) is 26.1 Å². The lowest BCUT2D eigenvalue weighted by Crippen LogP contribution is -2.21. The van der Waals surface area contributed by atoms with Crippen molar-refractivity contribution in [2.75, 3.05) is 0 Å². The van der Waals surface area contributed by atoms with Gasteiger partial charge in [0.1, 0.15) is 0 Å². The van der Waals surface area contributed by atoms with Crippen molar-refractivity contribution in [3.63, 3.8) is 0 Å². The molecule has 5 aromatic rings. The molecule has 0 fully saturated rings. The predicted molar refractivity (Wildman–Crippen MR) is 165 cm³/mol. The van der Waals surface area contributed by atoms with E-state index < -0.39 is 26.9 Å². The minimum Gasteiger partial charge on any atom is -0.314 e. The first-order chi connectivity index (χ1) is 19.4. The van der Waals surface area contributed by atoms with E-state index in [-0.39, 0.29) is 0 Å². The fourth-order valence-corrected chi connectivity index (χ4v) is 9.31. The lowest BCUT2D eigenvalue weighted by atomic mass is 10.00. The fourth-order valence-electron chi connectivity index (χ4n) is 4.85. The van der Waals surface area contributed by atoms with Gasteiger partial charge in [-0.15, -0.1) is 0 Å². The molecule has 0 saturated carbocycles. The van der Waals surface area contributed by atoms with Crippen molar-refractivity contribution in [3.8, 4) is 0 Å². The average Bonchev–Trinajstić information content (AvgIpc) is 3.02. The molecular formula is C34H32O4P2. The van der Waals surface area contributed by atoms with Crippen molar-refractivity contribution in [1.82, 2.24) is 0 Å². The van der Waals surface area contributed by atoms with Crippen LogP contribution in [0.1, 0.15) is 37.2 Å². The van der Waals surface area contributed by atoms with Crippen molar-refractivity contribution in [1.29, 1.82) is 0 Å². The Kier molecular flexibility index (Phi) is 8.64. The summed E-state index contributed by atoms with van der Waals surface area (Å²) in [4.78, 5) is 0. The molecule has 4 nitrogen and oxygen atoms in total. The van der Waals surface area contributed by atoms with Crippen LogP contribution in [-0.4, -0.2) is 0 Å². The molecule has 5 aromatic carbocycles. The smallest absolute Gasteiger partial charge is 0.261 e. The second kappa shape index (κ2) is 12.3. The number of hydrogen-bond acceptors (Lipinski definition) is 4. The van der Waals surface area contributed by atoms with E-state index in [9.17, 15) is 9.13 Å². The lowest BCUT2D eigenvalue weighted by molar-refractivity contribution is 0.215.